The highest BCUT2D eigenvalue weighted by Gasteiger charge is 2.26. The SMILES string of the molecule is CCN1CCCC1CN(C)C(=O)c1ccccc1S. The van der Waals surface area contributed by atoms with Gasteiger partial charge in [0, 0.05) is 24.5 Å². The van der Waals surface area contributed by atoms with Crippen LogP contribution in [-0.4, -0.2) is 48.4 Å². The van der Waals surface area contributed by atoms with Gasteiger partial charge in [0.2, 0.25) is 0 Å². The molecular formula is C15H22N2OS. The van der Waals surface area contributed by atoms with Gasteiger partial charge in [0.15, 0.2) is 0 Å². The van der Waals surface area contributed by atoms with Gasteiger partial charge in [-0.05, 0) is 38.1 Å². The molecule has 1 aliphatic heterocycles. The zero-order valence-corrected chi connectivity index (χ0v) is 12.6. The van der Waals surface area contributed by atoms with Crippen molar-refractivity contribution in [2.75, 3.05) is 26.7 Å². The Morgan fingerprint density at radius 3 is 2.89 bits per heavy atom. The molecule has 0 aliphatic carbocycles. The highest BCUT2D eigenvalue weighted by Crippen LogP contribution is 2.19. The van der Waals surface area contributed by atoms with Gasteiger partial charge < -0.3 is 4.90 Å². The third-order valence-corrected chi connectivity index (χ3v) is 4.26. The van der Waals surface area contributed by atoms with Gasteiger partial charge in [-0.25, -0.2) is 0 Å². The molecule has 0 radical (unpaired) electrons. The molecule has 1 aromatic carbocycles. The predicted molar refractivity (Wildman–Crippen MR) is 80.9 cm³/mol. The van der Waals surface area contributed by atoms with Gasteiger partial charge in [-0.1, -0.05) is 19.1 Å². The largest absolute Gasteiger partial charge is 0.340 e. The Balaban J connectivity index is 2.02. The van der Waals surface area contributed by atoms with Crippen molar-refractivity contribution < 1.29 is 4.79 Å². The Hall–Kier alpha value is -1.00. The van der Waals surface area contributed by atoms with Crippen molar-refractivity contribution in [3.63, 3.8) is 0 Å². The molecule has 1 fully saturated rings. The standard InChI is InChI=1S/C15H22N2OS/c1-3-17-10-6-7-12(17)11-16(2)15(18)13-8-4-5-9-14(13)19/h4-5,8-9,12,19H,3,6-7,10-11H2,1-2H3. The summed E-state index contributed by atoms with van der Waals surface area (Å²) in [6.45, 7) is 5.21. The Labute approximate surface area is 121 Å². The van der Waals surface area contributed by atoms with Crippen LogP contribution < -0.4 is 0 Å². The highest BCUT2D eigenvalue weighted by atomic mass is 32.1. The molecule has 0 saturated carbocycles. The van der Waals surface area contributed by atoms with Crippen LogP contribution in [0.25, 0.3) is 0 Å². The summed E-state index contributed by atoms with van der Waals surface area (Å²) < 4.78 is 0. The Bertz CT molecular complexity index is 450. The van der Waals surface area contributed by atoms with Crippen molar-refractivity contribution >= 4 is 18.5 Å². The molecule has 1 aromatic rings. The molecule has 0 spiro atoms. The van der Waals surface area contributed by atoms with Gasteiger partial charge in [-0.2, -0.15) is 0 Å². The van der Waals surface area contributed by atoms with Crippen molar-refractivity contribution in [1.29, 1.82) is 0 Å². The predicted octanol–water partition coefficient (Wildman–Crippen LogP) is 2.53. The molecule has 4 heteroatoms. The van der Waals surface area contributed by atoms with E-state index in [4.69, 9.17) is 0 Å². The van der Waals surface area contributed by atoms with Crippen LogP contribution in [0.5, 0.6) is 0 Å². The van der Waals surface area contributed by atoms with Gasteiger partial charge in [0.1, 0.15) is 0 Å². The quantitative estimate of drug-likeness (QED) is 0.856. The van der Waals surface area contributed by atoms with Gasteiger partial charge >= 0.3 is 0 Å². The summed E-state index contributed by atoms with van der Waals surface area (Å²) in [5.74, 6) is 0.0635. The van der Waals surface area contributed by atoms with E-state index < -0.39 is 0 Å². The van der Waals surface area contributed by atoms with Crippen LogP contribution in [0.1, 0.15) is 30.1 Å². The molecule has 1 heterocycles. The van der Waals surface area contributed by atoms with Crippen molar-refractivity contribution in [3.05, 3.63) is 29.8 Å². The third-order valence-electron chi connectivity index (χ3n) is 3.87. The summed E-state index contributed by atoms with van der Waals surface area (Å²) in [5, 5.41) is 0. The van der Waals surface area contributed by atoms with Crippen LogP contribution in [0.4, 0.5) is 0 Å². The Morgan fingerprint density at radius 1 is 1.47 bits per heavy atom. The normalized spacial score (nSPS) is 19.6. The van der Waals surface area contributed by atoms with E-state index in [-0.39, 0.29) is 5.91 Å². The van der Waals surface area contributed by atoms with Crippen molar-refractivity contribution in [2.24, 2.45) is 0 Å². The monoisotopic (exact) mass is 278 g/mol. The van der Waals surface area contributed by atoms with E-state index in [1.807, 2.05) is 36.2 Å². The van der Waals surface area contributed by atoms with E-state index in [1.165, 1.54) is 12.8 Å². The Morgan fingerprint density at radius 2 is 2.21 bits per heavy atom. The minimum Gasteiger partial charge on any atom is -0.340 e. The third kappa shape index (κ3) is 3.31. The average molecular weight is 278 g/mol. The first-order valence-corrected chi connectivity index (χ1v) is 7.35. The molecule has 1 unspecified atom stereocenters. The fourth-order valence-corrected chi connectivity index (χ4v) is 3.03. The summed E-state index contributed by atoms with van der Waals surface area (Å²) in [6, 6.07) is 7.99. The fraction of sp³-hybridized carbons (Fsp3) is 0.533. The number of hydrogen-bond acceptors (Lipinski definition) is 3. The molecular weight excluding hydrogens is 256 g/mol. The summed E-state index contributed by atoms with van der Waals surface area (Å²) in [6.07, 6.45) is 2.43. The lowest BCUT2D eigenvalue weighted by atomic mass is 10.1. The van der Waals surface area contributed by atoms with Crippen LogP contribution in [0, 0.1) is 0 Å². The maximum absolute atomic E-state index is 12.4. The fourth-order valence-electron chi connectivity index (χ4n) is 2.78. The van der Waals surface area contributed by atoms with E-state index in [0.29, 0.717) is 11.6 Å². The van der Waals surface area contributed by atoms with Crippen LogP contribution in [0.15, 0.2) is 29.2 Å². The second-order valence-electron chi connectivity index (χ2n) is 5.13. The molecule has 3 nitrogen and oxygen atoms in total. The molecule has 1 amide bonds. The smallest absolute Gasteiger partial charge is 0.254 e. The van der Waals surface area contributed by atoms with Crippen molar-refractivity contribution in [3.8, 4) is 0 Å². The van der Waals surface area contributed by atoms with E-state index in [9.17, 15) is 4.79 Å². The van der Waals surface area contributed by atoms with E-state index in [2.05, 4.69) is 24.5 Å². The maximum Gasteiger partial charge on any atom is 0.254 e. The number of thiol groups is 1. The van der Waals surface area contributed by atoms with Gasteiger partial charge in [-0.3, -0.25) is 9.69 Å². The topological polar surface area (TPSA) is 23.6 Å². The van der Waals surface area contributed by atoms with Crippen molar-refractivity contribution in [1.82, 2.24) is 9.80 Å². The lowest BCUT2D eigenvalue weighted by Gasteiger charge is -2.28. The average Bonchev–Trinajstić information content (AvgIpc) is 2.85. The molecule has 0 aromatic heterocycles. The molecule has 2 rings (SSSR count). The summed E-state index contributed by atoms with van der Waals surface area (Å²) in [5.41, 5.74) is 0.689. The van der Waals surface area contributed by atoms with Crippen LogP contribution in [-0.2, 0) is 0 Å². The summed E-state index contributed by atoms with van der Waals surface area (Å²) in [4.78, 5) is 17.4. The van der Waals surface area contributed by atoms with Crippen molar-refractivity contribution in [2.45, 2.75) is 30.7 Å². The number of hydrogen-bond donors (Lipinski definition) is 1. The lowest BCUT2D eigenvalue weighted by Crippen LogP contribution is -2.41. The number of amides is 1. The highest BCUT2D eigenvalue weighted by molar-refractivity contribution is 7.80. The molecule has 19 heavy (non-hydrogen) atoms. The van der Waals surface area contributed by atoms with E-state index in [1.54, 1.807) is 0 Å². The number of carbonyl (C=O) groups is 1. The molecule has 1 saturated heterocycles. The zero-order valence-electron chi connectivity index (χ0n) is 11.7. The molecule has 104 valence electrons. The minimum atomic E-state index is 0.0635. The number of nitrogens with zero attached hydrogens (tertiary/aromatic N) is 2. The second-order valence-corrected chi connectivity index (χ2v) is 5.61. The van der Waals surface area contributed by atoms with Gasteiger partial charge in [0.05, 0.1) is 5.56 Å². The second kappa shape index (κ2) is 6.44. The molecule has 0 N–H and O–H groups in total. The lowest BCUT2D eigenvalue weighted by molar-refractivity contribution is 0.0751. The summed E-state index contributed by atoms with van der Waals surface area (Å²) >= 11 is 4.36. The zero-order chi connectivity index (χ0) is 13.8. The van der Waals surface area contributed by atoms with Gasteiger partial charge in [0.25, 0.3) is 5.91 Å². The first kappa shape index (κ1) is 14.4. The van der Waals surface area contributed by atoms with E-state index in [0.717, 1.165) is 24.5 Å². The number of likely N-dealkylation sites (tertiary alicyclic amines) is 1. The molecule has 1 atom stereocenters. The number of rotatable bonds is 4. The molecule has 0 bridgehead atoms. The maximum atomic E-state index is 12.4. The van der Waals surface area contributed by atoms with Gasteiger partial charge in [-0.15, -0.1) is 12.6 Å². The van der Waals surface area contributed by atoms with Crippen LogP contribution >= 0.6 is 12.6 Å². The summed E-state index contributed by atoms with van der Waals surface area (Å²) in [7, 11) is 1.88. The van der Waals surface area contributed by atoms with Crippen LogP contribution in [0.3, 0.4) is 0 Å². The first-order chi connectivity index (χ1) is 9.13. The van der Waals surface area contributed by atoms with Crippen LogP contribution in [0.2, 0.25) is 0 Å². The minimum absolute atomic E-state index is 0.0635. The Kier molecular flexibility index (Phi) is 4.88. The number of carbonyl (C=O) groups excluding carboxylic acids is 1. The molecule has 1 aliphatic rings. The number of benzene rings is 1. The number of likely N-dealkylation sites (N-methyl/N-ethyl adjacent to an activating group) is 2. The van der Waals surface area contributed by atoms with E-state index >= 15 is 0 Å². The first-order valence-electron chi connectivity index (χ1n) is 6.91.